The van der Waals surface area contributed by atoms with Gasteiger partial charge in [-0.25, -0.2) is 4.79 Å². The Morgan fingerprint density at radius 2 is 1.78 bits per heavy atom. The first-order valence-corrected chi connectivity index (χ1v) is 5.59. The van der Waals surface area contributed by atoms with Crippen LogP contribution in [0.15, 0.2) is 0 Å². The van der Waals surface area contributed by atoms with Gasteiger partial charge in [-0.05, 0) is 24.8 Å². The summed E-state index contributed by atoms with van der Waals surface area (Å²) in [4.78, 5) is 8.90. The number of carboxylic acids is 1. The minimum atomic E-state index is -5.08. The third-order valence-electron chi connectivity index (χ3n) is 2.32. The lowest BCUT2D eigenvalue weighted by molar-refractivity contribution is -0.192. The quantitative estimate of drug-likeness (QED) is 0.680. The van der Waals surface area contributed by atoms with Crippen LogP contribution in [0.25, 0.3) is 0 Å². The van der Waals surface area contributed by atoms with Gasteiger partial charge in [0.25, 0.3) is 0 Å². The molecule has 4 nitrogen and oxygen atoms in total. The van der Waals surface area contributed by atoms with Crippen molar-refractivity contribution in [2.75, 3.05) is 13.1 Å². The van der Waals surface area contributed by atoms with Crippen LogP contribution in [0.1, 0.15) is 33.6 Å². The fourth-order valence-electron chi connectivity index (χ4n) is 1.87. The molecule has 0 aromatic carbocycles. The van der Waals surface area contributed by atoms with Crippen LogP contribution in [0.3, 0.4) is 0 Å². The molecule has 1 unspecified atom stereocenters. The predicted octanol–water partition coefficient (Wildman–Crippen LogP) is 1.78. The number of rotatable bonds is 1. The van der Waals surface area contributed by atoms with Crippen LogP contribution in [0, 0.1) is 5.41 Å². The third-order valence-corrected chi connectivity index (χ3v) is 2.32. The zero-order valence-corrected chi connectivity index (χ0v) is 10.8. The van der Waals surface area contributed by atoms with E-state index in [9.17, 15) is 18.3 Å². The number of halogens is 3. The van der Waals surface area contributed by atoms with E-state index in [1.807, 2.05) is 0 Å². The summed E-state index contributed by atoms with van der Waals surface area (Å²) in [5.41, 5.74) is -0.195. The Hall–Kier alpha value is -0.820. The van der Waals surface area contributed by atoms with Crippen molar-refractivity contribution < 1.29 is 28.2 Å². The highest BCUT2D eigenvalue weighted by molar-refractivity contribution is 5.73. The van der Waals surface area contributed by atoms with Gasteiger partial charge in [0.2, 0.25) is 0 Å². The van der Waals surface area contributed by atoms with Crippen molar-refractivity contribution in [3.63, 3.8) is 0 Å². The Kier molecular flexibility index (Phi) is 5.61. The second-order valence-electron chi connectivity index (χ2n) is 5.69. The molecule has 0 aromatic rings. The van der Waals surface area contributed by atoms with E-state index in [0.717, 1.165) is 25.9 Å². The van der Waals surface area contributed by atoms with E-state index in [1.54, 1.807) is 0 Å². The van der Waals surface area contributed by atoms with Crippen molar-refractivity contribution in [1.29, 1.82) is 0 Å². The zero-order chi connectivity index (χ0) is 14.6. The van der Waals surface area contributed by atoms with E-state index in [0.29, 0.717) is 0 Å². The Bertz CT molecular complexity index is 278. The van der Waals surface area contributed by atoms with Crippen LogP contribution in [0.4, 0.5) is 13.2 Å². The van der Waals surface area contributed by atoms with Gasteiger partial charge in [0.15, 0.2) is 0 Å². The van der Waals surface area contributed by atoms with E-state index < -0.39 is 17.7 Å². The molecule has 18 heavy (non-hydrogen) atoms. The summed E-state index contributed by atoms with van der Waals surface area (Å²) in [6, 6.07) is 0. The molecular formula is C11H20F3NO3. The smallest absolute Gasteiger partial charge is 0.475 e. The first-order valence-electron chi connectivity index (χ1n) is 5.59. The van der Waals surface area contributed by atoms with Crippen molar-refractivity contribution in [3.05, 3.63) is 0 Å². The molecule has 0 spiro atoms. The summed E-state index contributed by atoms with van der Waals surface area (Å²) in [6.07, 6.45) is -3.28. The summed E-state index contributed by atoms with van der Waals surface area (Å²) in [5, 5.41) is 20.3. The minimum absolute atomic E-state index is 0.237. The molecule has 0 amide bonds. The topological polar surface area (TPSA) is 69.6 Å². The summed E-state index contributed by atoms with van der Waals surface area (Å²) in [7, 11) is 0. The van der Waals surface area contributed by atoms with Crippen molar-refractivity contribution >= 4 is 5.97 Å². The van der Waals surface area contributed by atoms with Crippen LogP contribution in [0.2, 0.25) is 0 Å². The molecule has 1 heterocycles. The Labute approximate surface area is 104 Å². The first-order chi connectivity index (χ1) is 7.86. The average Bonchev–Trinajstić information content (AvgIpc) is 2.47. The molecule has 0 radical (unpaired) electrons. The Morgan fingerprint density at radius 1 is 1.33 bits per heavy atom. The lowest BCUT2D eigenvalue weighted by Crippen LogP contribution is -2.35. The van der Waals surface area contributed by atoms with Gasteiger partial charge in [0.05, 0.1) is 5.60 Å². The first kappa shape index (κ1) is 17.2. The van der Waals surface area contributed by atoms with Crippen LogP contribution in [-0.4, -0.2) is 41.0 Å². The van der Waals surface area contributed by atoms with Crippen LogP contribution in [-0.2, 0) is 4.79 Å². The molecule has 108 valence electrons. The monoisotopic (exact) mass is 271 g/mol. The minimum Gasteiger partial charge on any atom is -0.475 e. The zero-order valence-electron chi connectivity index (χ0n) is 10.8. The molecule has 1 rings (SSSR count). The molecule has 1 aliphatic heterocycles. The van der Waals surface area contributed by atoms with Crippen molar-refractivity contribution in [2.45, 2.75) is 45.4 Å². The number of aliphatic carboxylic acids is 1. The van der Waals surface area contributed by atoms with Gasteiger partial charge < -0.3 is 15.5 Å². The highest BCUT2D eigenvalue weighted by Crippen LogP contribution is 2.30. The fourth-order valence-corrected chi connectivity index (χ4v) is 1.87. The van der Waals surface area contributed by atoms with Gasteiger partial charge in [-0.15, -0.1) is 0 Å². The Balaban J connectivity index is 0.000000360. The van der Waals surface area contributed by atoms with Gasteiger partial charge in [0, 0.05) is 6.54 Å². The van der Waals surface area contributed by atoms with E-state index >= 15 is 0 Å². The van der Waals surface area contributed by atoms with E-state index in [2.05, 4.69) is 26.1 Å². The van der Waals surface area contributed by atoms with E-state index in [4.69, 9.17) is 9.90 Å². The number of carbonyl (C=O) groups is 1. The highest BCUT2D eigenvalue weighted by atomic mass is 19.4. The van der Waals surface area contributed by atoms with Gasteiger partial charge in [0.1, 0.15) is 0 Å². The van der Waals surface area contributed by atoms with E-state index in [-0.39, 0.29) is 5.41 Å². The van der Waals surface area contributed by atoms with Gasteiger partial charge in [-0.3, -0.25) is 0 Å². The average molecular weight is 271 g/mol. The highest BCUT2D eigenvalue weighted by Gasteiger charge is 2.38. The predicted molar refractivity (Wildman–Crippen MR) is 60.2 cm³/mol. The molecule has 1 saturated heterocycles. The van der Waals surface area contributed by atoms with Crippen molar-refractivity contribution in [2.24, 2.45) is 5.41 Å². The summed E-state index contributed by atoms with van der Waals surface area (Å²) < 4.78 is 31.7. The fraction of sp³-hybridized carbons (Fsp3) is 0.909. The third kappa shape index (κ3) is 7.50. The molecule has 1 atom stereocenters. The number of β-amino-alcohol motifs (C(OH)–C–C–N with tert-alkyl or cyclic N) is 1. The number of nitrogens with one attached hydrogen (secondary N) is 1. The maximum absolute atomic E-state index is 10.6. The maximum Gasteiger partial charge on any atom is 0.490 e. The molecule has 0 bridgehead atoms. The second-order valence-corrected chi connectivity index (χ2v) is 5.69. The normalized spacial score (nSPS) is 24.4. The molecule has 1 aliphatic rings. The lowest BCUT2D eigenvalue weighted by atomic mass is 9.81. The Morgan fingerprint density at radius 3 is 2.00 bits per heavy atom. The number of aliphatic hydroxyl groups is 1. The lowest BCUT2D eigenvalue weighted by Gasteiger charge is -2.29. The van der Waals surface area contributed by atoms with Crippen molar-refractivity contribution in [1.82, 2.24) is 5.32 Å². The van der Waals surface area contributed by atoms with E-state index in [1.165, 1.54) is 0 Å². The molecule has 1 fully saturated rings. The number of hydrogen-bond donors (Lipinski definition) is 3. The van der Waals surface area contributed by atoms with Gasteiger partial charge >= 0.3 is 12.1 Å². The van der Waals surface area contributed by atoms with Gasteiger partial charge in [-0.2, -0.15) is 13.2 Å². The number of carboxylic acid groups (broad SMARTS) is 1. The maximum atomic E-state index is 10.6. The summed E-state index contributed by atoms with van der Waals surface area (Å²) in [5.74, 6) is -2.76. The summed E-state index contributed by atoms with van der Waals surface area (Å²) in [6.45, 7) is 8.24. The molecule has 0 aromatic heterocycles. The van der Waals surface area contributed by atoms with Crippen LogP contribution in [0.5, 0.6) is 0 Å². The molecule has 3 N–H and O–H groups in total. The van der Waals surface area contributed by atoms with Gasteiger partial charge in [-0.1, -0.05) is 20.8 Å². The molecular weight excluding hydrogens is 251 g/mol. The summed E-state index contributed by atoms with van der Waals surface area (Å²) >= 11 is 0. The second kappa shape index (κ2) is 5.88. The molecule has 7 heteroatoms. The number of hydrogen-bond acceptors (Lipinski definition) is 3. The van der Waals surface area contributed by atoms with Crippen LogP contribution < -0.4 is 5.32 Å². The largest absolute Gasteiger partial charge is 0.490 e. The van der Waals surface area contributed by atoms with Crippen molar-refractivity contribution in [3.8, 4) is 0 Å². The molecule has 0 saturated carbocycles. The van der Waals surface area contributed by atoms with Crippen LogP contribution >= 0.6 is 0 Å². The number of alkyl halides is 3. The molecule has 0 aliphatic carbocycles. The standard InChI is InChI=1S/C9H19NO.C2HF3O2/c1-8(2,3)6-9(11)4-5-10-7-9;3-2(4,5)1(6)7/h10-11H,4-7H2,1-3H3;(H,6,7). The SMILES string of the molecule is CC(C)(C)CC1(O)CCNC1.O=C(O)C(F)(F)F.